The van der Waals surface area contributed by atoms with Gasteiger partial charge in [0.15, 0.2) is 5.82 Å². The number of nitrogens with zero attached hydrogens (tertiary/aromatic N) is 2. The number of aryl methyl sites for hydroxylation is 2. The normalized spacial score (nSPS) is 10.3. The molecular weight excluding hydrogens is 256 g/mol. The van der Waals surface area contributed by atoms with E-state index in [1.807, 2.05) is 6.92 Å². The predicted molar refractivity (Wildman–Crippen MR) is 65.1 cm³/mol. The number of nitrogens with one attached hydrogen (secondary N) is 2. The summed E-state index contributed by atoms with van der Waals surface area (Å²) in [7, 11) is 0. The van der Waals surface area contributed by atoms with Gasteiger partial charge in [-0.1, -0.05) is 0 Å². The van der Waals surface area contributed by atoms with Crippen molar-refractivity contribution >= 4 is 29.0 Å². The highest BCUT2D eigenvalue weighted by Crippen LogP contribution is 2.18. The van der Waals surface area contributed by atoms with Crippen LogP contribution in [0.4, 0.5) is 5.82 Å². The summed E-state index contributed by atoms with van der Waals surface area (Å²) in [6, 6.07) is 1.25. The molecule has 2 aromatic rings. The second-order valence-electron chi connectivity index (χ2n) is 3.57. The Morgan fingerprint density at radius 1 is 1.44 bits per heavy atom. The molecule has 3 N–H and O–H groups in total. The fraction of sp³-hybridized carbons (Fsp3) is 0.200. The summed E-state index contributed by atoms with van der Waals surface area (Å²) >= 11 is 1.28. The lowest BCUT2D eigenvalue weighted by atomic mass is 10.3. The molecule has 0 bridgehead atoms. The number of thiazole rings is 1. The van der Waals surface area contributed by atoms with Crippen LogP contribution in [-0.4, -0.2) is 32.2 Å². The van der Waals surface area contributed by atoms with Gasteiger partial charge in [0.25, 0.3) is 5.91 Å². The summed E-state index contributed by atoms with van der Waals surface area (Å²) < 4.78 is 0. The minimum atomic E-state index is -1.13. The zero-order valence-electron chi connectivity index (χ0n) is 9.64. The van der Waals surface area contributed by atoms with Crippen molar-refractivity contribution < 1.29 is 14.7 Å². The maximum Gasteiger partial charge on any atom is 0.353 e. The molecule has 1 amide bonds. The van der Waals surface area contributed by atoms with E-state index >= 15 is 0 Å². The number of carboxylic acid groups (broad SMARTS) is 1. The van der Waals surface area contributed by atoms with Crippen LogP contribution >= 0.6 is 11.3 Å². The van der Waals surface area contributed by atoms with Gasteiger partial charge in [0.2, 0.25) is 0 Å². The quantitative estimate of drug-likeness (QED) is 0.778. The van der Waals surface area contributed by atoms with Crippen molar-refractivity contribution in [2.24, 2.45) is 0 Å². The van der Waals surface area contributed by atoms with Crippen molar-refractivity contribution in [1.29, 1.82) is 0 Å². The molecule has 0 aliphatic heterocycles. The molecule has 0 aromatic carbocycles. The largest absolute Gasteiger partial charge is 0.477 e. The molecule has 2 aromatic heterocycles. The summed E-state index contributed by atoms with van der Waals surface area (Å²) in [4.78, 5) is 27.2. The van der Waals surface area contributed by atoms with E-state index in [-0.39, 0.29) is 17.4 Å². The number of hydrogen-bond donors (Lipinski definition) is 3. The van der Waals surface area contributed by atoms with Crippen molar-refractivity contribution in [2.45, 2.75) is 13.8 Å². The zero-order valence-corrected chi connectivity index (χ0v) is 10.5. The number of hydrogen-bond acceptors (Lipinski definition) is 5. The Hall–Kier alpha value is -2.22. The lowest BCUT2D eigenvalue weighted by Crippen LogP contribution is -2.11. The number of aromatic amines is 1. The number of H-pyrrole nitrogens is 1. The number of amides is 1. The van der Waals surface area contributed by atoms with Gasteiger partial charge in [-0.3, -0.25) is 9.89 Å². The third kappa shape index (κ3) is 2.38. The maximum absolute atomic E-state index is 11.9. The fourth-order valence-corrected chi connectivity index (χ4v) is 2.23. The van der Waals surface area contributed by atoms with E-state index in [9.17, 15) is 9.59 Å². The van der Waals surface area contributed by atoms with Gasteiger partial charge in [-0.2, -0.15) is 5.10 Å². The SMILES string of the molecule is Cc1nc(C)c(C(=O)Nc2cc(C(=O)O)[nH]n2)s1. The molecule has 8 heteroatoms. The Morgan fingerprint density at radius 2 is 2.17 bits per heavy atom. The number of aromatic carboxylic acids is 1. The number of rotatable bonds is 3. The fourth-order valence-electron chi connectivity index (χ4n) is 1.41. The van der Waals surface area contributed by atoms with E-state index in [0.717, 1.165) is 5.01 Å². The molecule has 0 aliphatic rings. The van der Waals surface area contributed by atoms with E-state index in [1.54, 1.807) is 6.92 Å². The number of carbonyl (C=O) groups excluding carboxylic acids is 1. The standard InChI is InChI=1S/C10H10N4O3S/c1-4-8(18-5(2)11-4)9(15)12-7-3-6(10(16)17)13-14-7/h3H,1-2H3,(H,16,17)(H2,12,13,14,15). The second kappa shape index (κ2) is 4.57. The van der Waals surface area contributed by atoms with Crippen LogP contribution < -0.4 is 5.32 Å². The summed E-state index contributed by atoms with van der Waals surface area (Å²) in [6.07, 6.45) is 0. The van der Waals surface area contributed by atoms with Gasteiger partial charge in [0.1, 0.15) is 10.6 Å². The van der Waals surface area contributed by atoms with Crippen LogP contribution in [0.1, 0.15) is 30.9 Å². The van der Waals surface area contributed by atoms with Crippen molar-refractivity contribution in [1.82, 2.24) is 15.2 Å². The molecule has 7 nitrogen and oxygen atoms in total. The molecule has 0 saturated carbocycles. The smallest absolute Gasteiger partial charge is 0.353 e. The maximum atomic E-state index is 11.9. The van der Waals surface area contributed by atoms with Crippen molar-refractivity contribution in [3.05, 3.63) is 27.3 Å². The summed E-state index contributed by atoms with van der Waals surface area (Å²) in [5.41, 5.74) is 0.562. The first-order valence-corrected chi connectivity index (χ1v) is 5.83. The van der Waals surface area contributed by atoms with Crippen LogP contribution in [0.15, 0.2) is 6.07 Å². The van der Waals surface area contributed by atoms with Crippen LogP contribution in [0.3, 0.4) is 0 Å². The Bertz CT molecular complexity index is 616. The van der Waals surface area contributed by atoms with E-state index < -0.39 is 5.97 Å². The van der Waals surface area contributed by atoms with Crippen LogP contribution in [-0.2, 0) is 0 Å². The average molecular weight is 266 g/mol. The van der Waals surface area contributed by atoms with Crippen LogP contribution in [0.25, 0.3) is 0 Å². The van der Waals surface area contributed by atoms with Gasteiger partial charge in [-0.25, -0.2) is 9.78 Å². The van der Waals surface area contributed by atoms with Crippen molar-refractivity contribution in [2.75, 3.05) is 5.32 Å². The molecule has 2 heterocycles. The third-order valence-electron chi connectivity index (χ3n) is 2.16. The first-order valence-electron chi connectivity index (χ1n) is 5.01. The number of aromatic nitrogens is 3. The van der Waals surface area contributed by atoms with E-state index in [1.165, 1.54) is 17.4 Å². The van der Waals surface area contributed by atoms with Crippen molar-refractivity contribution in [3.63, 3.8) is 0 Å². The molecule has 0 saturated heterocycles. The van der Waals surface area contributed by atoms with Gasteiger partial charge in [-0.15, -0.1) is 11.3 Å². The number of carbonyl (C=O) groups is 2. The highest BCUT2D eigenvalue weighted by Gasteiger charge is 2.16. The first kappa shape index (κ1) is 12.2. The third-order valence-corrected chi connectivity index (χ3v) is 3.23. The highest BCUT2D eigenvalue weighted by molar-refractivity contribution is 7.13. The molecule has 0 unspecified atom stereocenters. The number of anilines is 1. The zero-order chi connectivity index (χ0) is 13.3. The molecule has 94 valence electrons. The second-order valence-corrected chi connectivity index (χ2v) is 4.78. The van der Waals surface area contributed by atoms with Gasteiger partial charge in [0.05, 0.1) is 10.7 Å². The van der Waals surface area contributed by atoms with Gasteiger partial charge in [0, 0.05) is 6.07 Å². The number of carboxylic acids is 1. The summed E-state index contributed by atoms with van der Waals surface area (Å²) in [6.45, 7) is 3.55. The van der Waals surface area contributed by atoms with Crippen LogP contribution in [0, 0.1) is 13.8 Å². The summed E-state index contributed by atoms with van der Waals surface area (Å²) in [5, 5.41) is 18.0. The lowest BCUT2D eigenvalue weighted by molar-refractivity contribution is 0.0690. The van der Waals surface area contributed by atoms with Crippen molar-refractivity contribution in [3.8, 4) is 0 Å². The highest BCUT2D eigenvalue weighted by atomic mass is 32.1. The van der Waals surface area contributed by atoms with E-state index in [0.29, 0.717) is 10.6 Å². The first-order chi connectivity index (χ1) is 8.47. The van der Waals surface area contributed by atoms with Crippen LogP contribution in [0.5, 0.6) is 0 Å². The Kier molecular flexibility index (Phi) is 3.11. The molecule has 0 aliphatic carbocycles. The molecule has 0 radical (unpaired) electrons. The molecule has 18 heavy (non-hydrogen) atoms. The predicted octanol–water partition coefficient (Wildman–Crippen LogP) is 1.43. The minimum absolute atomic E-state index is 0.0810. The van der Waals surface area contributed by atoms with E-state index in [4.69, 9.17) is 5.11 Å². The Morgan fingerprint density at radius 3 is 2.67 bits per heavy atom. The molecule has 0 atom stereocenters. The summed E-state index contributed by atoms with van der Waals surface area (Å²) in [5.74, 6) is -1.31. The molecular formula is C10H10N4O3S. The minimum Gasteiger partial charge on any atom is -0.477 e. The van der Waals surface area contributed by atoms with Crippen LogP contribution in [0.2, 0.25) is 0 Å². The lowest BCUT2D eigenvalue weighted by Gasteiger charge is -1.98. The topological polar surface area (TPSA) is 108 Å². The monoisotopic (exact) mass is 266 g/mol. The molecule has 0 fully saturated rings. The van der Waals surface area contributed by atoms with E-state index in [2.05, 4.69) is 20.5 Å². The Labute approximate surface area is 106 Å². The average Bonchev–Trinajstić information content (AvgIpc) is 2.85. The Balaban J connectivity index is 2.16. The van der Waals surface area contributed by atoms with Gasteiger partial charge >= 0.3 is 5.97 Å². The molecule has 2 rings (SSSR count). The molecule has 0 spiro atoms. The van der Waals surface area contributed by atoms with Gasteiger partial charge < -0.3 is 10.4 Å². The van der Waals surface area contributed by atoms with Gasteiger partial charge in [-0.05, 0) is 13.8 Å².